The normalized spacial score (nSPS) is 11.6. The third kappa shape index (κ3) is 3.30. The molecule has 0 radical (unpaired) electrons. The van der Waals surface area contributed by atoms with Crippen LogP contribution in [0.15, 0.2) is 36.4 Å². The smallest absolute Gasteiger partial charge is 0.0705 e. The molecule has 96 valence electrons. The molecule has 2 aromatic rings. The van der Waals surface area contributed by atoms with E-state index in [1.165, 1.54) is 5.39 Å². The predicted octanol–water partition coefficient (Wildman–Crippen LogP) is 3.84. The summed E-state index contributed by atoms with van der Waals surface area (Å²) in [6, 6.07) is 13.1. The zero-order chi connectivity index (χ0) is 13.0. The second-order valence-electron chi connectivity index (χ2n) is 4.75. The number of benzene rings is 1. The van der Waals surface area contributed by atoms with Crippen LogP contribution >= 0.6 is 15.9 Å². The van der Waals surface area contributed by atoms with Gasteiger partial charge in [0.2, 0.25) is 0 Å². The molecule has 0 spiro atoms. The van der Waals surface area contributed by atoms with Gasteiger partial charge in [0.25, 0.3) is 0 Å². The minimum atomic E-state index is 0.538. The molecule has 0 aliphatic heterocycles. The molecule has 0 N–H and O–H groups in total. The van der Waals surface area contributed by atoms with Gasteiger partial charge in [0, 0.05) is 29.8 Å². The molecule has 3 heteroatoms. The molecule has 0 amide bonds. The molecule has 18 heavy (non-hydrogen) atoms. The fraction of sp³-hybridized carbons (Fsp3) is 0.400. The minimum Gasteiger partial charge on any atom is -0.294 e. The van der Waals surface area contributed by atoms with E-state index in [2.05, 4.69) is 65.0 Å². The van der Waals surface area contributed by atoms with E-state index in [-0.39, 0.29) is 0 Å². The minimum absolute atomic E-state index is 0.538. The maximum atomic E-state index is 4.72. The molecule has 2 rings (SSSR count). The molecular formula is C15H19BrN2. The number of nitrogens with zero attached hydrogens (tertiary/aromatic N) is 2. The molecule has 0 saturated carbocycles. The van der Waals surface area contributed by atoms with Crippen molar-refractivity contribution in [1.29, 1.82) is 0 Å². The van der Waals surface area contributed by atoms with E-state index in [1.807, 2.05) is 6.07 Å². The number of aromatic nitrogens is 1. The van der Waals surface area contributed by atoms with Gasteiger partial charge in [0.15, 0.2) is 0 Å². The van der Waals surface area contributed by atoms with Crippen LogP contribution < -0.4 is 0 Å². The Bertz CT molecular complexity index is 511. The van der Waals surface area contributed by atoms with Crippen LogP contribution in [0, 0.1) is 0 Å². The van der Waals surface area contributed by atoms with Crippen LogP contribution in [-0.4, -0.2) is 27.8 Å². The van der Waals surface area contributed by atoms with Crippen molar-refractivity contribution in [3.63, 3.8) is 0 Å². The summed E-state index contributed by atoms with van der Waals surface area (Å²) in [6.45, 7) is 6.41. The van der Waals surface area contributed by atoms with Crippen molar-refractivity contribution < 1.29 is 0 Å². The highest BCUT2D eigenvalue weighted by atomic mass is 79.9. The summed E-state index contributed by atoms with van der Waals surface area (Å²) in [4.78, 5) is 7.15. The third-order valence-electron chi connectivity index (χ3n) is 3.12. The number of hydrogen-bond donors (Lipinski definition) is 0. The van der Waals surface area contributed by atoms with E-state index in [0.717, 1.165) is 29.6 Å². The lowest BCUT2D eigenvalue weighted by Crippen LogP contribution is -2.32. The van der Waals surface area contributed by atoms with E-state index < -0.39 is 0 Å². The van der Waals surface area contributed by atoms with E-state index in [1.54, 1.807) is 0 Å². The van der Waals surface area contributed by atoms with Gasteiger partial charge in [-0.1, -0.05) is 40.2 Å². The monoisotopic (exact) mass is 306 g/mol. The number of rotatable bonds is 5. The van der Waals surface area contributed by atoms with Crippen molar-refractivity contribution in [2.45, 2.75) is 26.4 Å². The van der Waals surface area contributed by atoms with Crippen LogP contribution in [0.1, 0.15) is 19.5 Å². The highest BCUT2D eigenvalue weighted by Gasteiger charge is 2.10. The van der Waals surface area contributed by atoms with E-state index in [4.69, 9.17) is 4.98 Å². The van der Waals surface area contributed by atoms with Crippen molar-refractivity contribution >= 4 is 26.8 Å². The lowest BCUT2D eigenvalue weighted by atomic mass is 10.2. The summed E-state index contributed by atoms with van der Waals surface area (Å²) in [7, 11) is 0. The largest absolute Gasteiger partial charge is 0.294 e. The second kappa shape index (κ2) is 6.30. The zero-order valence-corrected chi connectivity index (χ0v) is 12.5. The summed E-state index contributed by atoms with van der Waals surface area (Å²) in [6.07, 6.45) is 0. The molecule has 0 aliphatic carbocycles. The Morgan fingerprint density at radius 3 is 2.67 bits per heavy atom. The zero-order valence-electron chi connectivity index (χ0n) is 10.9. The van der Waals surface area contributed by atoms with Crippen LogP contribution in [0.3, 0.4) is 0 Å². The van der Waals surface area contributed by atoms with Gasteiger partial charge >= 0.3 is 0 Å². The van der Waals surface area contributed by atoms with Gasteiger partial charge in [0.1, 0.15) is 0 Å². The Kier molecular flexibility index (Phi) is 4.72. The summed E-state index contributed by atoms with van der Waals surface area (Å²) in [5.74, 6) is 0. The number of hydrogen-bond acceptors (Lipinski definition) is 2. The van der Waals surface area contributed by atoms with Gasteiger partial charge in [0.05, 0.1) is 11.2 Å². The molecular weight excluding hydrogens is 288 g/mol. The fourth-order valence-electron chi connectivity index (χ4n) is 2.03. The standard InChI is InChI=1S/C15H19BrN2/c1-12(2)18(10-9-16)11-14-8-7-13-5-3-4-6-15(13)17-14/h3-8,12H,9-11H2,1-2H3. The molecule has 0 bridgehead atoms. The predicted molar refractivity (Wildman–Crippen MR) is 81.1 cm³/mol. The number of pyridine rings is 1. The highest BCUT2D eigenvalue weighted by Crippen LogP contribution is 2.14. The topological polar surface area (TPSA) is 16.1 Å². The SMILES string of the molecule is CC(C)N(CCBr)Cc1ccc2ccccc2n1. The molecule has 0 atom stereocenters. The van der Waals surface area contributed by atoms with Gasteiger partial charge in [-0.2, -0.15) is 0 Å². The fourth-order valence-corrected chi connectivity index (χ4v) is 2.49. The number of para-hydroxylation sites is 1. The maximum absolute atomic E-state index is 4.72. The third-order valence-corrected chi connectivity index (χ3v) is 3.48. The van der Waals surface area contributed by atoms with Crippen LogP contribution in [0.2, 0.25) is 0 Å². The van der Waals surface area contributed by atoms with Gasteiger partial charge in [-0.05, 0) is 26.0 Å². The Balaban J connectivity index is 2.20. The molecule has 1 aromatic carbocycles. The van der Waals surface area contributed by atoms with Gasteiger partial charge < -0.3 is 0 Å². The van der Waals surface area contributed by atoms with Gasteiger partial charge in [-0.3, -0.25) is 9.88 Å². The van der Waals surface area contributed by atoms with Crippen molar-refractivity contribution in [2.24, 2.45) is 0 Å². The highest BCUT2D eigenvalue weighted by molar-refractivity contribution is 9.09. The average molecular weight is 307 g/mol. The quantitative estimate of drug-likeness (QED) is 0.780. The molecule has 1 heterocycles. The summed E-state index contributed by atoms with van der Waals surface area (Å²) in [5, 5.41) is 2.21. The van der Waals surface area contributed by atoms with Crippen LogP contribution in [0.4, 0.5) is 0 Å². The Morgan fingerprint density at radius 2 is 1.94 bits per heavy atom. The van der Waals surface area contributed by atoms with E-state index in [0.29, 0.717) is 6.04 Å². The first-order chi connectivity index (χ1) is 8.70. The summed E-state index contributed by atoms with van der Waals surface area (Å²) < 4.78 is 0. The van der Waals surface area contributed by atoms with Gasteiger partial charge in [-0.15, -0.1) is 0 Å². The molecule has 0 saturated heterocycles. The number of halogens is 1. The molecule has 2 nitrogen and oxygen atoms in total. The number of alkyl halides is 1. The number of fused-ring (bicyclic) bond motifs is 1. The Labute approximate surface area is 117 Å². The van der Waals surface area contributed by atoms with Crippen LogP contribution in [-0.2, 0) is 6.54 Å². The first-order valence-corrected chi connectivity index (χ1v) is 7.47. The van der Waals surface area contributed by atoms with Crippen molar-refractivity contribution in [3.05, 3.63) is 42.1 Å². The maximum Gasteiger partial charge on any atom is 0.0705 e. The van der Waals surface area contributed by atoms with Crippen molar-refractivity contribution in [2.75, 3.05) is 11.9 Å². The first-order valence-electron chi connectivity index (χ1n) is 6.35. The van der Waals surface area contributed by atoms with E-state index in [9.17, 15) is 0 Å². The van der Waals surface area contributed by atoms with E-state index >= 15 is 0 Å². The molecule has 0 fully saturated rings. The average Bonchev–Trinajstić information content (AvgIpc) is 2.38. The van der Waals surface area contributed by atoms with Crippen molar-refractivity contribution in [3.8, 4) is 0 Å². The van der Waals surface area contributed by atoms with Crippen molar-refractivity contribution in [1.82, 2.24) is 9.88 Å². The molecule has 1 aromatic heterocycles. The summed E-state index contributed by atoms with van der Waals surface area (Å²) >= 11 is 3.51. The molecule has 0 aliphatic rings. The second-order valence-corrected chi connectivity index (χ2v) is 5.54. The first kappa shape index (κ1) is 13.5. The summed E-state index contributed by atoms with van der Waals surface area (Å²) in [5.41, 5.74) is 2.22. The van der Waals surface area contributed by atoms with Crippen LogP contribution in [0.25, 0.3) is 10.9 Å². The lowest BCUT2D eigenvalue weighted by Gasteiger charge is -2.25. The Hall–Kier alpha value is -0.930. The lowest BCUT2D eigenvalue weighted by molar-refractivity contribution is 0.225. The van der Waals surface area contributed by atoms with Gasteiger partial charge in [-0.25, -0.2) is 0 Å². The molecule has 0 unspecified atom stereocenters. The Morgan fingerprint density at radius 1 is 1.17 bits per heavy atom. The van der Waals surface area contributed by atoms with Crippen LogP contribution in [0.5, 0.6) is 0 Å².